The number of carbonyl (C=O) groups is 3. The first-order chi connectivity index (χ1) is 10.4. The molecule has 0 bridgehead atoms. The van der Waals surface area contributed by atoms with Crippen LogP contribution in [-0.4, -0.2) is 36.0 Å². The van der Waals surface area contributed by atoms with Crippen molar-refractivity contribution in [2.45, 2.75) is 26.7 Å². The molecule has 6 nitrogen and oxygen atoms in total. The molecule has 0 atom stereocenters. The van der Waals surface area contributed by atoms with E-state index in [1.54, 1.807) is 30.3 Å². The second kappa shape index (κ2) is 8.81. The van der Waals surface area contributed by atoms with Gasteiger partial charge >= 0.3 is 5.97 Å². The summed E-state index contributed by atoms with van der Waals surface area (Å²) in [5, 5.41) is 11.6. The lowest BCUT2D eigenvalue weighted by molar-refractivity contribution is -0.136. The molecule has 0 fully saturated rings. The van der Waals surface area contributed by atoms with E-state index in [-0.39, 0.29) is 30.7 Å². The molecule has 1 aromatic carbocycles. The molecule has 0 spiro atoms. The molecule has 1 rings (SSSR count). The predicted molar refractivity (Wildman–Crippen MR) is 83.5 cm³/mol. The highest BCUT2D eigenvalue weighted by Gasteiger charge is 2.18. The molecule has 0 aliphatic rings. The molecule has 0 heterocycles. The van der Waals surface area contributed by atoms with Crippen molar-refractivity contribution in [3.8, 4) is 0 Å². The SMILES string of the molecule is CC(C)CC(=O)NCCC(=O)N(CC(=O)O)c1ccccc1. The molecule has 120 valence electrons. The van der Waals surface area contributed by atoms with Gasteiger partial charge in [-0.3, -0.25) is 14.4 Å². The molecule has 0 aliphatic carbocycles. The summed E-state index contributed by atoms with van der Waals surface area (Å²) in [5.41, 5.74) is 0.531. The van der Waals surface area contributed by atoms with Gasteiger partial charge in [0.2, 0.25) is 11.8 Å². The zero-order chi connectivity index (χ0) is 16.5. The zero-order valence-corrected chi connectivity index (χ0v) is 12.9. The normalized spacial score (nSPS) is 10.3. The molecule has 0 aliphatic heterocycles. The number of para-hydroxylation sites is 1. The van der Waals surface area contributed by atoms with E-state index < -0.39 is 12.5 Å². The van der Waals surface area contributed by atoms with Crippen LogP contribution >= 0.6 is 0 Å². The molecule has 0 saturated heterocycles. The predicted octanol–water partition coefficient (Wildman–Crippen LogP) is 1.66. The fraction of sp³-hybridized carbons (Fsp3) is 0.438. The number of nitrogens with zero attached hydrogens (tertiary/aromatic N) is 1. The molecule has 1 aromatic rings. The maximum absolute atomic E-state index is 12.2. The molecule has 6 heteroatoms. The van der Waals surface area contributed by atoms with Crippen molar-refractivity contribution >= 4 is 23.5 Å². The van der Waals surface area contributed by atoms with E-state index in [1.165, 1.54) is 4.90 Å². The lowest BCUT2D eigenvalue weighted by atomic mass is 10.1. The first kappa shape index (κ1) is 17.7. The Kier molecular flexibility index (Phi) is 7.08. The number of amides is 2. The van der Waals surface area contributed by atoms with Gasteiger partial charge in [-0.05, 0) is 18.1 Å². The van der Waals surface area contributed by atoms with Gasteiger partial charge in [-0.1, -0.05) is 32.0 Å². The van der Waals surface area contributed by atoms with Crippen LogP contribution in [0.3, 0.4) is 0 Å². The van der Waals surface area contributed by atoms with Crippen molar-refractivity contribution in [3.05, 3.63) is 30.3 Å². The number of hydrogen-bond acceptors (Lipinski definition) is 3. The van der Waals surface area contributed by atoms with Crippen LogP contribution in [0.2, 0.25) is 0 Å². The summed E-state index contributed by atoms with van der Waals surface area (Å²) in [5.74, 6) is -1.27. The average Bonchev–Trinajstić information content (AvgIpc) is 2.44. The van der Waals surface area contributed by atoms with Crippen LogP contribution in [0, 0.1) is 5.92 Å². The monoisotopic (exact) mass is 306 g/mol. The van der Waals surface area contributed by atoms with E-state index >= 15 is 0 Å². The summed E-state index contributed by atoms with van der Waals surface area (Å²) in [4.78, 5) is 35.8. The summed E-state index contributed by atoms with van der Waals surface area (Å²) >= 11 is 0. The van der Waals surface area contributed by atoms with Crippen molar-refractivity contribution < 1.29 is 19.5 Å². The fourth-order valence-corrected chi connectivity index (χ4v) is 1.95. The first-order valence-electron chi connectivity index (χ1n) is 7.24. The molecule has 0 unspecified atom stereocenters. The molecule has 0 saturated carbocycles. The molecular formula is C16H22N2O4. The highest BCUT2D eigenvalue weighted by atomic mass is 16.4. The molecule has 2 amide bonds. The standard InChI is InChI=1S/C16H22N2O4/c1-12(2)10-14(19)17-9-8-15(20)18(11-16(21)22)13-6-4-3-5-7-13/h3-7,12H,8-11H2,1-2H3,(H,17,19)(H,21,22). The van der Waals surface area contributed by atoms with E-state index in [0.717, 1.165) is 0 Å². The third-order valence-electron chi connectivity index (χ3n) is 2.92. The largest absolute Gasteiger partial charge is 0.480 e. The molecule has 0 radical (unpaired) electrons. The number of nitrogens with one attached hydrogen (secondary N) is 1. The van der Waals surface area contributed by atoms with Crippen LogP contribution in [0.25, 0.3) is 0 Å². The second-order valence-corrected chi connectivity index (χ2v) is 5.41. The van der Waals surface area contributed by atoms with Crippen molar-refractivity contribution in [3.63, 3.8) is 0 Å². The number of carboxylic acid groups (broad SMARTS) is 1. The second-order valence-electron chi connectivity index (χ2n) is 5.41. The maximum atomic E-state index is 12.2. The minimum Gasteiger partial charge on any atom is -0.480 e. The Labute approximate surface area is 130 Å². The summed E-state index contributed by atoms with van der Waals surface area (Å²) in [6.07, 6.45) is 0.470. The number of carboxylic acids is 1. The van der Waals surface area contributed by atoms with E-state index in [0.29, 0.717) is 12.1 Å². The Bertz CT molecular complexity index is 514. The van der Waals surface area contributed by atoms with Gasteiger partial charge in [0, 0.05) is 25.1 Å². The van der Waals surface area contributed by atoms with Crippen LogP contribution in [0.5, 0.6) is 0 Å². The lowest BCUT2D eigenvalue weighted by Crippen LogP contribution is -2.38. The molecule has 22 heavy (non-hydrogen) atoms. The number of anilines is 1. The van der Waals surface area contributed by atoms with Gasteiger partial charge in [0.15, 0.2) is 0 Å². The Morgan fingerprint density at radius 2 is 1.82 bits per heavy atom. The van der Waals surface area contributed by atoms with Crippen LogP contribution in [0.4, 0.5) is 5.69 Å². The highest BCUT2D eigenvalue weighted by Crippen LogP contribution is 2.14. The Morgan fingerprint density at radius 3 is 2.36 bits per heavy atom. The number of carbonyl (C=O) groups excluding carboxylic acids is 2. The van der Waals surface area contributed by atoms with Crippen molar-refractivity contribution in [1.82, 2.24) is 5.32 Å². The van der Waals surface area contributed by atoms with Crippen molar-refractivity contribution in [1.29, 1.82) is 0 Å². The van der Waals surface area contributed by atoms with Gasteiger partial charge in [0.25, 0.3) is 0 Å². The van der Waals surface area contributed by atoms with Crippen LogP contribution < -0.4 is 10.2 Å². The highest BCUT2D eigenvalue weighted by molar-refractivity contribution is 5.97. The Morgan fingerprint density at radius 1 is 1.18 bits per heavy atom. The topological polar surface area (TPSA) is 86.7 Å². The molecule has 2 N–H and O–H groups in total. The minimum atomic E-state index is -1.08. The maximum Gasteiger partial charge on any atom is 0.323 e. The van der Waals surface area contributed by atoms with Crippen molar-refractivity contribution in [2.24, 2.45) is 5.92 Å². The number of aliphatic carboxylic acids is 1. The minimum absolute atomic E-state index is 0.0615. The van der Waals surface area contributed by atoms with Gasteiger partial charge in [-0.25, -0.2) is 0 Å². The third kappa shape index (κ3) is 6.39. The zero-order valence-electron chi connectivity index (χ0n) is 12.9. The van der Waals surface area contributed by atoms with Gasteiger partial charge in [-0.2, -0.15) is 0 Å². The summed E-state index contributed by atoms with van der Waals surface area (Å²) in [6, 6.07) is 8.62. The average molecular weight is 306 g/mol. The Hall–Kier alpha value is -2.37. The lowest BCUT2D eigenvalue weighted by Gasteiger charge is -2.21. The number of rotatable bonds is 8. The third-order valence-corrected chi connectivity index (χ3v) is 2.92. The Balaban J connectivity index is 2.58. The van der Waals surface area contributed by atoms with E-state index in [2.05, 4.69) is 5.32 Å². The van der Waals surface area contributed by atoms with E-state index in [9.17, 15) is 14.4 Å². The van der Waals surface area contributed by atoms with E-state index in [4.69, 9.17) is 5.11 Å². The van der Waals surface area contributed by atoms with Gasteiger partial charge in [0.1, 0.15) is 6.54 Å². The summed E-state index contributed by atoms with van der Waals surface area (Å²) in [7, 11) is 0. The van der Waals surface area contributed by atoms with Crippen LogP contribution in [-0.2, 0) is 14.4 Å². The molecular weight excluding hydrogens is 284 g/mol. The van der Waals surface area contributed by atoms with Crippen LogP contribution in [0.15, 0.2) is 30.3 Å². The smallest absolute Gasteiger partial charge is 0.323 e. The van der Waals surface area contributed by atoms with Gasteiger partial charge < -0.3 is 15.3 Å². The quantitative estimate of drug-likeness (QED) is 0.764. The number of hydrogen-bond donors (Lipinski definition) is 2. The van der Waals surface area contributed by atoms with Crippen molar-refractivity contribution in [2.75, 3.05) is 18.0 Å². The van der Waals surface area contributed by atoms with Gasteiger partial charge in [0.05, 0.1) is 0 Å². The number of benzene rings is 1. The van der Waals surface area contributed by atoms with E-state index in [1.807, 2.05) is 13.8 Å². The first-order valence-corrected chi connectivity index (χ1v) is 7.24. The summed E-state index contributed by atoms with van der Waals surface area (Å²) in [6.45, 7) is 3.68. The molecule has 0 aromatic heterocycles. The fourth-order valence-electron chi connectivity index (χ4n) is 1.95. The van der Waals surface area contributed by atoms with Gasteiger partial charge in [-0.15, -0.1) is 0 Å². The van der Waals surface area contributed by atoms with Crippen LogP contribution in [0.1, 0.15) is 26.7 Å². The summed E-state index contributed by atoms with van der Waals surface area (Å²) < 4.78 is 0.